The van der Waals surface area contributed by atoms with Crippen LogP contribution in [0.5, 0.6) is 0 Å². The third kappa shape index (κ3) is 3.38. The number of nitrogens with zero attached hydrogens (tertiary/aromatic N) is 2. The van der Waals surface area contributed by atoms with Crippen LogP contribution < -0.4 is 4.90 Å². The molecule has 0 aliphatic rings. The number of hydrogen-bond donors (Lipinski definition) is 0. The molecule has 2 nitrogen and oxygen atoms in total. The lowest BCUT2D eigenvalue weighted by molar-refractivity contribution is 0.721. The summed E-state index contributed by atoms with van der Waals surface area (Å²) >= 11 is 5.79. The van der Waals surface area contributed by atoms with E-state index in [1.54, 1.807) is 0 Å². The lowest BCUT2D eigenvalue weighted by Gasteiger charge is -2.23. The van der Waals surface area contributed by atoms with E-state index in [4.69, 9.17) is 11.6 Å². The summed E-state index contributed by atoms with van der Waals surface area (Å²) in [5.41, 5.74) is 2.31. The Balaban J connectivity index is 2.83. The zero-order chi connectivity index (χ0) is 12.0. The van der Waals surface area contributed by atoms with E-state index in [1.807, 2.05) is 6.20 Å². The molecule has 3 heteroatoms. The Morgan fingerprint density at radius 2 is 2.12 bits per heavy atom. The van der Waals surface area contributed by atoms with Crippen LogP contribution in [0.4, 0.5) is 5.82 Å². The van der Waals surface area contributed by atoms with E-state index in [2.05, 4.69) is 36.7 Å². The summed E-state index contributed by atoms with van der Waals surface area (Å²) in [6.45, 7) is 8.58. The first-order valence-electron chi connectivity index (χ1n) is 5.99. The SMILES string of the molecule is CCCCN(CC)c1ncc(CCl)cc1C. The average molecular weight is 241 g/mol. The zero-order valence-corrected chi connectivity index (χ0v) is 11.2. The number of pyridine rings is 1. The fourth-order valence-corrected chi connectivity index (χ4v) is 1.94. The van der Waals surface area contributed by atoms with Crippen LogP contribution >= 0.6 is 11.6 Å². The van der Waals surface area contributed by atoms with E-state index in [0.717, 1.165) is 24.5 Å². The highest BCUT2D eigenvalue weighted by atomic mass is 35.5. The van der Waals surface area contributed by atoms with Gasteiger partial charge in [0.05, 0.1) is 0 Å². The second kappa shape index (κ2) is 6.74. The van der Waals surface area contributed by atoms with Gasteiger partial charge in [-0.05, 0) is 37.5 Å². The van der Waals surface area contributed by atoms with Crippen LogP contribution in [0.2, 0.25) is 0 Å². The molecule has 0 aliphatic heterocycles. The Labute approximate surface area is 104 Å². The molecule has 0 saturated carbocycles. The fraction of sp³-hybridized carbons (Fsp3) is 0.615. The van der Waals surface area contributed by atoms with Crippen molar-refractivity contribution in [3.63, 3.8) is 0 Å². The zero-order valence-electron chi connectivity index (χ0n) is 10.5. The van der Waals surface area contributed by atoms with Gasteiger partial charge < -0.3 is 4.90 Å². The van der Waals surface area contributed by atoms with Crippen molar-refractivity contribution < 1.29 is 0 Å². The van der Waals surface area contributed by atoms with Crippen LogP contribution in [0.1, 0.15) is 37.8 Å². The van der Waals surface area contributed by atoms with Crippen LogP contribution in [0.25, 0.3) is 0 Å². The average Bonchev–Trinajstić information content (AvgIpc) is 2.31. The Kier molecular flexibility index (Phi) is 5.61. The highest BCUT2D eigenvalue weighted by molar-refractivity contribution is 6.17. The van der Waals surface area contributed by atoms with Crippen molar-refractivity contribution in [2.24, 2.45) is 0 Å². The molecule has 0 atom stereocenters. The van der Waals surface area contributed by atoms with E-state index < -0.39 is 0 Å². The largest absolute Gasteiger partial charge is 0.357 e. The van der Waals surface area contributed by atoms with Crippen molar-refractivity contribution in [1.82, 2.24) is 4.98 Å². The number of anilines is 1. The van der Waals surface area contributed by atoms with Gasteiger partial charge in [-0.15, -0.1) is 11.6 Å². The molecule has 0 saturated heterocycles. The Morgan fingerprint density at radius 1 is 1.38 bits per heavy atom. The number of aryl methyl sites for hydroxylation is 1. The molecule has 0 unspecified atom stereocenters. The van der Waals surface area contributed by atoms with Crippen LogP contribution in [0.15, 0.2) is 12.3 Å². The van der Waals surface area contributed by atoms with Gasteiger partial charge in [0.15, 0.2) is 0 Å². The maximum atomic E-state index is 5.79. The number of unbranched alkanes of at least 4 members (excludes halogenated alkanes) is 1. The van der Waals surface area contributed by atoms with Crippen molar-refractivity contribution in [3.05, 3.63) is 23.4 Å². The third-order valence-electron chi connectivity index (χ3n) is 2.72. The van der Waals surface area contributed by atoms with E-state index in [1.165, 1.54) is 18.4 Å². The number of aromatic nitrogens is 1. The van der Waals surface area contributed by atoms with Crippen molar-refractivity contribution in [2.75, 3.05) is 18.0 Å². The second-order valence-electron chi connectivity index (χ2n) is 4.05. The van der Waals surface area contributed by atoms with Crippen LogP contribution in [-0.2, 0) is 5.88 Å². The molecule has 90 valence electrons. The summed E-state index contributed by atoms with van der Waals surface area (Å²) in [6.07, 6.45) is 4.31. The van der Waals surface area contributed by atoms with Gasteiger partial charge in [-0.3, -0.25) is 0 Å². The lowest BCUT2D eigenvalue weighted by Crippen LogP contribution is -2.25. The van der Waals surface area contributed by atoms with Gasteiger partial charge in [0, 0.05) is 25.2 Å². The molecule has 0 radical (unpaired) electrons. The number of rotatable bonds is 6. The first kappa shape index (κ1) is 13.3. The molecular weight excluding hydrogens is 220 g/mol. The molecule has 0 bridgehead atoms. The van der Waals surface area contributed by atoms with Crippen molar-refractivity contribution in [3.8, 4) is 0 Å². The van der Waals surface area contributed by atoms with Gasteiger partial charge in [-0.2, -0.15) is 0 Å². The molecule has 0 aromatic carbocycles. The van der Waals surface area contributed by atoms with Crippen LogP contribution in [0.3, 0.4) is 0 Å². The Morgan fingerprint density at radius 3 is 2.62 bits per heavy atom. The molecule has 1 aromatic rings. The van der Waals surface area contributed by atoms with Crippen molar-refractivity contribution in [2.45, 2.75) is 39.5 Å². The summed E-state index contributed by atoms with van der Waals surface area (Å²) in [4.78, 5) is 6.84. The molecule has 0 amide bonds. The van der Waals surface area contributed by atoms with Crippen LogP contribution in [0, 0.1) is 6.92 Å². The first-order valence-corrected chi connectivity index (χ1v) is 6.52. The van der Waals surface area contributed by atoms with Gasteiger partial charge in [-0.25, -0.2) is 4.98 Å². The highest BCUT2D eigenvalue weighted by Gasteiger charge is 2.08. The third-order valence-corrected chi connectivity index (χ3v) is 3.03. The van der Waals surface area contributed by atoms with Crippen LogP contribution in [-0.4, -0.2) is 18.1 Å². The minimum Gasteiger partial charge on any atom is -0.357 e. The predicted octanol–water partition coefficient (Wildman–Crippen LogP) is 3.76. The molecule has 16 heavy (non-hydrogen) atoms. The van der Waals surface area contributed by atoms with Gasteiger partial charge in [0.25, 0.3) is 0 Å². The molecule has 1 heterocycles. The summed E-state index contributed by atoms with van der Waals surface area (Å²) in [6, 6.07) is 2.13. The number of halogens is 1. The molecule has 0 aliphatic carbocycles. The van der Waals surface area contributed by atoms with Gasteiger partial charge >= 0.3 is 0 Å². The minimum atomic E-state index is 0.537. The molecule has 0 spiro atoms. The first-order chi connectivity index (χ1) is 7.72. The molecular formula is C13H21ClN2. The Bertz CT molecular complexity index is 326. The summed E-state index contributed by atoms with van der Waals surface area (Å²) < 4.78 is 0. The quantitative estimate of drug-likeness (QED) is 0.704. The van der Waals surface area contributed by atoms with Gasteiger partial charge in [0.1, 0.15) is 5.82 Å². The maximum Gasteiger partial charge on any atom is 0.131 e. The fourth-order valence-electron chi connectivity index (χ4n) is 1.79. The topological polar surface area (TPSA) is 16.1 Å². The van der Waals surface area contributed by atoms with E-state index in [9.17, 15) is 0 Å². The maximum absolute atomic E-state index is 5.79. The summed E-state index contributed by atoms with van der Waals surface area (Å²) in [5.74, 6) is 1.64. The normalized spacial score (nSPS) is 10.5. The van der Waals surface area contributed by atoms with E-state index in [0.29, 0.717) is 5.88 Å². The summed E-state index contributed by atoms with van der Waals surface area (Å²) in [5, 5.41) is 0. The standard InChI is InChI=1S/C13H21ClN2/c1-4-6-7-16(5-2)13-11(3)8-12(9-14)10-15-13/h8,10H,4-7,9H2,1-3H3. The Hall–Kier alpha value is -0.760. The number of hydrogen-bond acceptors (Lipinski definition) is 2. The van der Waals surface area contributed by atoms with E-state index >= 15 is 0 Å². The van der Waals surface area contributed by atoms with Crippen molar-refractivity contribution >= 4 is 17.4 Å². The monoisotopic (exact) mass is 240 g/mol. The smallest absolute Gasteiger partial charge is 0.131 e. The highest BCUT2D eigenvalue weighted by Crippen LogP contribution is 2.19. The molecule has 1 aromatic heterocycles. The predicted molar refractivity (Wildman–Crippen MR) is 71.3 cm³/mol. The summed E-state index contributed by atoms with van der Waals surface area (Å²) in [7, 11) is 0. The van der Waals surface area contributed by atoms with Gasteiger partial charge in [-0.1, -0.05) is 13.3 Å². The van der Waals surface area contributed by atoms with E-state index in [-0.39, 0.29) is 0 Å². The molecule has 0 fully saturated rings. The minimum absolute atomic E-state index is 0.537. The molecule has 1 rings (SSSR count). The molecule has 0 N–H and O–H groups in total. The lowest BCUT2D eigenvalue weighted by atomic mass is 10.2. The van der Waals surface area contributed by atoms with Crippen molar-refractivity contribution in [1.29, 1.82) is 0 Å². The second-order valence-corrected chi connectivity index (χ2v) is 4.32. The van der Waals surface area contributed by atoms with Gasteiger partial charge in [0.2, 0.25) is 0 Å². The number of alkyl halides is 1.